The van der Waals surface area contributed by atoms with Gasteiger partial charge in [-0.05, 0) is 25.1 Å². The van der Waals surface area contributed by atoms with Crippen LogP contribution in [0.2, 0.25) is 0 Å². The van der Waals surface area contributed by atoms with Crippen LogP contribution >= 0.6 is 0 Å². The summed E-state index contributed by atoms with van der Waals surface area (Å²) in [5.74, 6) is 5.60. The van der Waals surface area contributed by atoms with Gasteiger partial charge in [-0.1, -0.05) is 0 Å². The predicted molar refractivity (Wildman–Crippen MR) is 57.9 cm³/mol. The van der Waals surface area contributed by atoms with Crippen LogP contribution in [0.25, 0.3) is 0 Å². The average molecular weight is 231 g/mol. The lowest BCUT2D eigenvalue weighted by Crippen LogP contribution is -2.31. The van der Waals surface area contributed by atoms with E-state index >= 15 is 0 Å². The summed E-state index contributed by atoms with van der Waals surface area (Å²) in [6.45, 7) is 2.37. The minimum Gasteiger partial charge on any atom is -0.397 e. The molecule has 0 unspecified atom stereocenters. The highest BCUT2D eigenvalue weighted by atomic mass is 32.2. The van der Waals surface area contributed by atoms with Crippen LogP contribution in [-0.4, -0.2) is 19.5 Å². The molecule has 5 N–H and O–H groups in total. The fraction of sp³-hybridized carbons (Fsp3) is 0.250. The van der Waals surface area contributed by atoms with Crippen molar-refractivity contribution in [1.29, 1.82) is 0 Å². The normalized spacial score (nSPS) is 11.4. The van der Waals surface area contributed by atoms with Gasteiger partial charge >= 0.3 is 0 Å². The zero-order valence-corrected chi connectivity index (χ0v) is 9.03. The summed E-state index contributed by atoms with van der Waals surface area (Å²) in [4.78, 5) is -0.242. The Morgan fingerprint density at radius 1 is 1.47 bits per heavy atom. The van der Waals surface area contributed by atoms with Crippen molar-refractivity contribution in [1.82, 2.24) is 0 Å². The molecule has 7 heteroatoms. The molecule has 0 aliphatic carbocycles. The lowest BCUT2D eigenvalue weighted by atomic mass is 10.2. The van der Waals surface area contributed by atoms with Crippen molar-refractivity contribution in [3.63, 3.8) is 0 Å². The number of benzene rings is 1. The van der Waals surface area contributed by atoms with Crippen LogP contribution in [-0.2, 0) is 10.1 Å². The maximum atomic E-state index is 10.8. The number of hydrogen-bond donors (Lipinski definition) is 3. The molecular formula is C8H13N3O3S. The van der Waals surface area contributed by atoms with E-state index in [2.05, 4.69) is 0 Å². The minimum atomic E-state index is -4.21. The van der Waals surface area contributed by atoms with Gasteiger partial charge in [0.15, 0.2) is 0 Å². The highest BCUT2D eigenvalue weighted by molar-refractivity contribution is 7.85. The molecule has 15 heavy (non-hydrogen) atoms. The number of hydrogen-bond acceptors (Lipinski definition) is 5. The van der Waals surface area contributed by atoms with Crippen molar-refractivity contribution in [2.24, 2.45) is 5.84 Å². The van der Waals surface area contributed by atoms with Crippen LogP contribution in [0.5, 0.6) is 0 Å². The molecule has 0 atom stereocenters. The van der Waals surface area contributed by atoms with Crippen LogP contribution in [0, 0.1) is 0 Å². The standard InChI is InChI=1S/C8H13N3O3S/c1-2-11(10)8-4-3-6(5-7(8)9)15(12,13)14/h3-5H,2,9-10H2,1H3,(H,12,13,14). The molecule has 84 valence electrons. The monoisotopic (exact) mass is 231 g/mol. The number of nitrogen functional groups attached to an aromatic ring is 1. The van der Waals surface area contributed by atoms with Gasteiger partial charge in [0.25, 0.3) is 10.1 Å². The number of anilines is 2. The van der Waals surface area contributed by atoms with Crippen molar-refractivity contribution in [3.05, 3.63) is 18.2 Å². The summed E-state index contributed by atoms with van der Waals surface area (Å²) < 4.78 is 30.4. The van der Waals surface area contributed by atoms with E-state index in [0.717, 1.165) is 0 Å². The van der Waals surface area contributed by atoms with Crippen LogP contribution in [0.3, 0.4) is 0 Å². The van der Waals surface area contributed by atoms with Crippen LogP contribution in [0.4, 0.5) is 11.4 Å². The van der Waals surface area contributed by atoms with E-state index < -0.39 is 10.1 Å². The maximum Gasteiger partial charge on any atom is 0.294 e. The van der Waals surface area contributed by atoms with E-state index in [-0.39, 0.29) is 10.6 Å². The molecule has 1 aromatic carbocycles. The van der Waals surface area contributed by atoms with Crippen LogP contribution < -0.4 is 16.6 Å². The van der Waals surface area contributed by atoms with Gasteiger partial charge in [0, 0.05) is 6.54 Å². The second kappa shape index (κ2) is 4.05. The van der Waals surface area contributed by atoms with Crippen LogP contribution in [0.15, 0.2) is 23.1 Å². The van der Waals surface area contributed by atoms with Crippen molar-refractivity contribution < 1.29 is 13.0 Å². The first-order chi connectivity index (χ1) is 6.86. The summed E-state index contributed by atoms with van der Waals surface area (Å²) in [5, 5.41) is 1.38. The van der Waals surface area contributed by atoms with Gasteiger partial charge in [-0.3, -0.25) is 4.55 Å². The van der Waals surface area contributed by atoms with Gasteiger partial charge in [0.2, 0.25) is 0 Å². The second-order valence-corrected chi connectivity index (χ2v) is 4.40. The molecule has 0 bridgehead atoms. The van der Waals surface area contributed by atoms with Crippen molar-refractivity contribution in [2.75, 3.05) is 17.3 Å². The van der Waals surface area contributed by atoms with Gasteiger partial charge in [-0.2, -0.15) is 8.42 Å². The lowest BCUT2D eigenvalue weighted by Gasteiger charge is -2.18. The van der Waals surface area contributed by atoms with Gasteiger partial charge < -0.3 is 10.7 Å². The number of hydrazine groups is 1. The third-order valence-electron chi connectivity index (χ3n) is 1.95. The molecule has 0 spiro atoms. The maximum absolute atomic E-state index is 10.8. The zero-order chi connectivity index (χ0) is 11.6. The number of rotatable bonds is 3. The Balaban J connectivity index is 3.20. The molecule has 0 aliphatic rings. The molecular weight excluding hydrogens is 218 g/mol. The summed E-state index contributed by atoms with van der Waals surface area (Å²) in [5.41, 5.74) is 6.32. The van der Waals surface area contributed by atoms with Gasteiger partial charge in [0.1, 0.15) is 0 Å². The highest BCUT2D eigenvalue weighted by Gasteiger charge is 2.12. The van der Waals surface area contributed by atoms with Crippen molar-refractivity contribution in [3.8, 4) is 0 Å². The highest BCUT2D eigenvalue weighted by Crippen LogP contribution is 2.24. The molecule has 0 saturated heterocycles. The minimum absolute atomic E-state index is 0.203. The first-order valence-corrected chi connectivity index (χ1v) is 5.69. The molecule has 0 heterocycles. The third kappa shape index (κ3) is 2.58. The largest absolute Gasteiger partial charge is 0.397 e. The zero-order valence-electron chi connectivity index (χ0n) is 8.21. The van der Waals surface area contributed by atoms with E-state index in [0.29, 0.717) is 12.2 Å². The topological polar surface area (TPSA) is 110 Å². The summed E-state index contributed by atoms with van der Waals surface area (Å²) in [7, 11) is -4.21. The van der Waals surface area contributed by atoms with Crippen molar-refractivity contribution >= 4 is 21.5 Å². The third-order valence-corrected chi connectivity index (χ3v) is 2.80. The predicted octanol–water partition coefficient (Wildman–Crippen LogP) is 0.216. The van der Waals surface area contributed by atoms with E-state index in [1.807, 2.05) is 6.92 Å². The van der Waals surface area contributed by atoms with E-state index in [4.69, 9.17) is 16.1 Å². The quantitative estimate of drug-likeness (QED) is 0.297. The number of nitrogens with two attached hydrogens (primary N) is 2. The summed E-state index contributed by atoms with van der Waals surface area (Å²) >= 11 is 0. The second-order valence-electron chi connectivity index (χ2n) is 2.98. The Kier molecular flexibility index (Phi) is 3.18. The molecule has 0 aromatic heterocycles. The van der Waals surface area contributed by atoms with Crippen molar-refractivity contribution in [2.45, 2.75) is 11.8 Å². The lowest BCUT2D eigenvalue weighted by molar-refractivity contribution is 0.483. The number of nitrogens with zero attached hydrogens (tertiary/aromatic N) is 1. The Morgan fingerprint density at radius 3 is 2.47 bits per heavy atom. The molecule has 0 radical (unpaired) electrons. The molecule has 1 aromatic rings. The molecule has 6 nitrogen and oxygen atoms in total. The summed E-state index contributed by atoms with van der Waals surface area (Å²) in [6.07, 6.45) is 0. The van der Waals surface area contributed by atoms with E-state index in [1.54, 1.807) is 0 Å². The van der Waals surface area contributed by atoms with Gasteiger partial charge in [0.05, 0.1) is 16.3 Å². The van der Waals surface area contributed by atoms with E-state index in [9.17, 15) is 8.42 Å². The molecule has 0 fully saturated rings. The Morgan fingerprint density at radius 2 is 2.07 bits per heavy atom. The molecule has 1 rings (SSSR count). The molecule has 0 aliphatic heterocycles. The molecule has 0 amide bonds. The first kappa shape index (κ1) is 11.8. The van der Waals surface area contributed by atoms with E-state index in [1.165, 1.54) is 23.2 Å². The fourth-order valence-electron chi connectivity index (χ4n) is 1.12. The fourth-order valence-corrected chi connectivity index (χ4v) is 1.64. The van der Waals surface area contributed by atoms with Crippen LogP contribution in [0.1, 0.15) is 6.92 Å². The SMILES string of the molecule is CCN(N)c1ccc(S(=O)(=O)O)cc1N. The van der Waals surface area contributed by atoms with Gasteiger partial charge in [-0.15, -0.1) is 0 Å². The first-order valence-electron chi connectivity index (χ1n) is 4.25. The average Bonchev–Trinajstić information content (AvgIpc) is 2.15. The Bertz CT molecular complexity index is 458. The van der Waals surface area contributed by atoms with Gasteiger partial charge in [-0.25, -0.2) is 5.84 Å². The smallest absolute Gasteiger partial charge is 0.294 e. The Hall–Kier alpha value is -1.31. The molecule has 0 saturated carbocycles. The summed E-state index contributed by atoms with van der Waals surface area (Å²) in [6, 6.07) is 3.86. The Labute approximate surface area is 88.2 Å².